The lowest BCUT2D eigenvalue weighted by atomic mass is 10.1. The molecule has 1 aromatic heterocycles. The summed E-state index contributed by atoms with van der Waals surface area (Å²) >= 11 is 1.17. The molecule has 0 atom stereocenters. The number of hydrogen-bond acceptors (Lipinski definition) is 7. The van der Waals surface area contributed by atoms with Crippen molar-refractivity contribution in [3.05, 3.63) is 54.1 Å². The first-order chi connectivity index (χ1) is 13.0. The standard InChI is InChI=1S/C19H17N3O4S/c1-12(23)20-15-5-3-4-14(10-15)18-21-22-19(26-18)27-11-17(24)13-6-8-16(25-2)9-7-13/h3-10H,11H2,1-2H3,(H,20,23). The number of carbonyl (C=O) groups excluding carboxylic acids is 2. The molecule has 138 valence electrons. The Labute approximate surface area is 160 Å². The maximum absolute atomic E-state index is 12.3. The smallest absolute Gasteiger partial charge is 0.277 e. The molecule has 0 aliphatic carbocycles. The molecule has 3 rings (SSSR count). The molecule has 27 heavy (non-hydrogen) atoms. The molecule has 0 saturated heterocycles. The quantitative estimate of drug-likeness (QED) is 0.491. The van der Waals surface area contributed by atoms with Gasteiger partial charge in [0.05, 0.1) is 12.9 Å². The van der Waals surface area contributed by atoms with Gasteiger partial charge in [0, 0.05) is 23.7 Å². The van der Waals surface area contributed by atoms with Crippen LogP contribution in [0.3, 0.4) is 0 Å². The SMILES string of the molecule is COc1ccc(C(=O)CSc2nnc(-c3cccc(NC(C)=O)c3)o2)cc1. The molecule has 0 radical (unpaired) electrons. The van der Waals surface area contributed by atoms with Gasteiger partial charge in [-0.05, 0) is 42.5 Å². The third-order valence-electron chi connectivity index (χ3n) is 3.58. The molecule has 0 aliphatic rings. The number of thioether (sulfide) groups is 1. The number of nitrogens with zero attached hydrogens (tertiary/aromatic N) is 2. The Kier molecular flexibility index (Phi) is 5.87. The lowest BCUT2D eigenvalue weighted by Gasteiger charge is -2.02. The van der Waals surface area contributed by atoms with Gasteiger partial charge < -0.3 is 14.5 Å². The van der Waals surface area contributed by atoms with Crippen LogP contribution in [-0.4, -0.2) is 34.8 Å². The van der Waals surface area contributed by atoms with Gasteiger partial charge in [-0.3, -0.25) is 9.59 Å². The van der Waals surface area contributed by atoms with Crippen LogP contribution in [0.1, 0.15) is 17.3 Å². The van der Waals surface area contributed by atoms with E-state index < -0.39 is 0 Å². The van der Waals surface area contributed by atoms with E-state index in [1.165, 1.54) is 18.7 Å². The molecule has 0 bridgehead atoms. The van der Waals surface area contributed by atoms with Gasteiger partial charge in [0.1, 0.15) is 5.75 Å². The van der Waals surface area contributed by atoms with E-state index in [0.717, 1.165) is 0 Å². The molecular weight excluding hydrogens is 366 g/mol. The van der Waals surface area contributed by atoms with Crippen molar-refractivity contribution in [3.8, 4) is 17.2 Å². The van der Waals surface area contributed by atoms with E-state index in [2.05, 4.69) is 15.5 Å². The van der Waals surface area contributed by atoms with Crippen molar-refractivity contribution in [2.75, 3.05) is 18.2 Å². The summed E-state index contributed by atoms with van der Waals surface area (Å²) in [5, 5.41) is 11.0. The summed E-state index contributed by atoms with van der Waals surface area (Å²) in [5.74, 6) is 0.991. The number of ether oxygens (including phenoxy) is 1. The Balaban J connectivity index is 1.64. The van der Waals surface area contributed by atoms with E-state index in [0.29, 0.717) is 33.7 Å². The molecule has 0 fully saturated rings. The van der Waals surface area contributed by atoms with Gasteiger partial charge in [-0.1, -0.05) is 17.8 Å². The molecule has 1 amide bonds. The predicted molar refractivity (Wildman–Crippen MR) is 102 cm³/mol. The highest BCUT2D eigenvalue weighted by Crippen LogP contribution is 2.25. The number of rotatable bonds is 7. The summed E-state index contributed by atoms with van der Waals surface area (Å²) in [6, 6.07) is 14.0. The Hall–Kier alpha value is -3.13. The molecule has 0 saturated carbocycles. The summed E-state index contributed by atoms with van der Waals surface area (Å²) in [5.41, 5.74) is 1.91. The molecule has 0 aliphatic heterocycles. The number of methoxy groups -OCH3 is 1. The number of aromatic nitrogens is 2. The van der Waals surface area contributed by atoms with Crippen LogP contribution in [0.5, 0.6) is 5.75 Å². The van der Waals surface area contributed by atoms with E-state index >= 15 is 0 Å². The van der Waals surface area contributed by atoms with Gasteiger partial charge in [0.15, 0.2) is 5.78 Å². The maximum atomic E-state index is 12.3. The highest BCUT2D eigenvalue weighted by atomic mass is 32.2. The number of carbonyl (C=O) groups is 2. The monoisotopic (exact) mass is 383 g/mol. The van der Waals surface area contributed by atoms with E-state index in [-0.39, 0.29) is 17.4 Å². The zero-order chi connectivity index (χ0) is 19.2. The van der Waals surface area contributed by atoms with E-state index in [9.17, 15) is 9.59 Å². The summed E-state index contributed by atoms with van der Waals surface area (Å²) in [7, 11) is 1.58. The number of hydrogen-bond donors (Lipinski definition) is 1. The van der Waals surface area contributed by atoms with E-state index in [1.807, 2.05) is 0 Å². The minimum atomic E-state index is -0.161. The van der Waals surface area contributed by atoms with Gasteiger partial charge in [0.25, 0.3) is 5.22 Å². The lowest BCUT2D eigenvalue weighted by molar-refractivity contribution is -0.114. The van der Waals surface area contributed by atoms with Gasteiger partial charge in [-0.25, -0.2) is 0 Å². The molecular formula is C19H17N3O4S. The highest BCUT2D eigenvalue weighted by molar-refractivity contribution is 7.99. The van der Waals surface area contributed by atoms with Gasteiger partial charge in [0.2, 0.25) is 11.8 Å². The molecule has 0 spiro atoms. The second-order valence-corrected chi connectivity index (χ2v) is 6.50. The number of nitrogens with one attached hydrogen (secondary N) is 1. The average molecular weight is 383 g/mol. The topological polar surface area (TPSA) is 94.3 Å². The highest BCUT2D eigenvalue weighted by Gasteiger charge is 2.13. The van der Waals surface area contributed by atoms with Crippen LogP contribution in [-0.2, 0) is 4.79 Å². The third-order valence-corrected chi connectivity index (χ3v) is 4.39. The number of amides is 1. The second-order valence-electron chi connectivity index (χ2n) is 5.58. The fraction of sp³-hybridized carbons (Fsp3) is 0.158. The van der Waals surface area contributed by atoms with Crippen LogP contribution < -0.4 is 10.1 Å². The summed E-state index contributed by atoms with van der Waals surface area (Å²) < 4.78 is 10.7. The Morgan fingerprint density at radius 3 is 2.63 bits per heavy atom. The third kappa shape index (κ3) is 4.95. The largest absolute Gasteiger partial charge is 0.497 e. The zero-order valence-corrected chi connectivity index (χ0v) is 15.6. The first-order valence-electron chi connectivity index (χ1n) is 8.07. The fourth-order valence-electron chi connectivity index (χ4n) is 2.31. The maximum Gasteiger partial charge on any atom is 0.277 e. The first kappa shape index (κ1) is 18.7. The number of ketones is 1. The van der Waals surface area contributed by atoms with Gasteiger partial charge >= 0.3 is 0 Å². The van der Waals surface area contributed by atoms with Crippen LogP contribution in [0, 0.1) is 0 Å². The molecule has 7 nitrogen and oxygen atoms in total. The van der Waals surface area contributed by atoms with Gasteiger partial charge in [-0.2, -0.15) is 0 Å². The molecule has 0 unspecified atom stereocenters. The Morgan fingerprint density at radius 2 is 1.93 bits per heavy atom. The summed E-state index contributed by atoms with van der Waals surface area (Å²) in [6.07, 6.45) is 0. The first-order valence-corrected chi connectivity index (χ1v) is 9.05. The molecule has 3 aromatic rings. The molecule has 8 heteroatoms. The van der Waals surface area contributed by atoms with Crippen molar-refractivity contribution in [2.24, 2.45) is 0 Å². The molecule has 2 aromatic carbocycles. The van der Waals surface area contributed by atoms with Crippen LogP contribution in [0.25, 0.3) is 11.5 Å². The van der Waals surface area contributed by atoms with Gasteiger partial charge in [-0.15, -0.1) is 10.2 Å². The second kappa shape index (κ2) is 8.50. The van der Waals surface area contributed by atoms with E-state index in [4.69, 9.17) is 9.15 Å². The number of anilines is 1. The average Bonchev–Trinajstić information content (AvgIpc) is 3.15. The van der Waals surface area contributed by atoms with Crippen molar-refractivity contribution >= 4 is 29.1 Å². The number of Topliss-reactive ketones (excluding diaryl/α,β-unsaturated/α-hetero) is 1. The van der Waals surface area contributed by atoms with Crippen LogP contribution in [0.2, 0.25) is 0 Å². The molecule has 1 N–H and O–H groups in total. The van der Waals surface area contributed by atoms with E-state index in [1.54, 1.807) is 55.6 Å². The summed E-state index contributed by atoms with van der Waals surface area (Å²) in [6.45, 7) is 1.44. The van der Waals surface area contributed by atoms with Crippen molar-refractivity contribution in [1.29, 1.82) is 0 Å². The van der Waals surface area contributed by atoms with Crippen molar-refractivity contribution in [3.63, 3.8) is 0 Å². The Morgan fingerprint density at radius 1 is 1.15 bits per heavy atom. The minimum absolute atomic E-state index is 0.0462. The van der Waals surface area contributed by atoms with Crippen LogP contribution in [0.4, 0.5) is 5.69 Å². The minimum Gasteiger partial charge on any atom is -0.497 e. The van der Waals surface area contributed by atoms with Crippen LogP contribution >= 0.6 is 11.8 Å². The lowest BCUT2D eigenvalue weighted by Crippen LogP contribution is -2.05. The van der Waals surface area contributed by atoms with Crippen molar-refractivity contribution < 1.29 is 18.7 Å². The number of benzene rings is 2. The molecule has 1 heterocycles. The normalized spacial score (nSPS) is 10.4. The predicted octanol–water partition coefficient (Wildman–Crippen LogP) is 3.68. The van der Waals surface area contributed by atoms with Crippen molar-refractivity contribution in [2.45, 2.75) is 12.1 Å². The fourth-order valence-corrected chi connectivity index (χ4v) is 2.96. The Bertz CT molecular complexity index is 954. The van der Waals surface area contributed by atoms with Crippen LogP contribution in [0.15, 0.2) is 58.2 Å². The summed E-state index contributed by atoms with van der Waals surface area (Å²) in [4.78, 5) is 23.4. The zero-order valence-electron chi connectivity index (χ0n) is 14.8. The van der Waals surface area contributed by atoms with Crippen molar-refractivity contribution in [1.82, 2.24) is 10.2 Å².